The molecule has 0 aromatic carbocycles. The third kappa shape index (κ3) is 8.11. The van der Waals surface area contributed by atoms with Gasteiger partial charge in [0.05, 0.1) is 0 Å². The summed E-state index contributed by atoms with van der Waals surface area (Å²) in [6, 6.07) is 0. The molecule has 0 radical (unpaired) electrons. The number of aromatic nitrogens is 3. The van der Waals surface area contributed by atoms with Gasteiger partial charge in [0.25, 0.3) is 0 Å². The largest absolute Gasteiger partial charge is 0.336 e. The summed E-state index contributed by atoms with van der Waals surface area (Å²) < 4.78 is 4.93. The molecule has 1 aromatic heterocycles. The molecule has 3 aliphatic carbocycles. The maximum Gasteiger partial charge on any atom is 0.336 e. The number of alkyl halides is 1. The molecular weight excluding hydrogens is 649 g/mol. The molecule has 6 unspecified atom stereocenters. The van der Waals surface area contributed by atoms with E-state index in [2.05, 4.69) is 98.8 Å². The molecule has 0 saturated heterocycles. The lowest BCUT2D eigenvalue weighted by molar-refractivity contribution is 0.0321. The minimum Gasteiger partial charge on any atom is -0.247 e. The Morgan fingerprint density at radius 2 is 0.953 bits per heavy atom. The molecule has 1 heterocycles. The van der Waals surface area contributed by atoms with Gasteiger partial charge in [0, 0.05) is 23.6 Å². The molecule has 43 heavy (non-hydrogen) atoms. The van der Waals surface area contributed by atoms with Gasteiger partial charge < -0.3 is 0 Å². The van der Waals surface area contributed by atoms with Crippen molar-refractivity contribution in [3.8, 4) is 0 Å². The Kier molecular flexibility index (Phi) is 9.56. The zero-order valence-corrected chi connectivity index (χ0v) is 31.5. The highest BCUT2D eigenvalue weighted by atomic mass is 127. The standard InChI is InChI=1S/C36H62IN3O3/c1-12-26-15-32(5,6)20-35(10,16-26)23-39-28(41)38(22-34(9)14-25(2)13-31(3,4)19-34)29(42)40(30(39)43)24-36(11)18-27(37)17-33(7,8)21-36/h25-27H,12-24H2,1-11H3. The predicted molar refractivity (Wildman–Crippen MR) is 187 cm³/mol. The van der Waals surface area contributed by atoms with E-state index in [1.165, 1.54) is 20.1 Å². The normalized spacial score (nSPS) is 37.3. The van der Waals surface area contributed by atoms with Crippen molar-refractivity contribution < 1.29 is 0 Å². The summed E-state index contributed by atoms with van der Waals surface area (Å²) in [6.07, 6.45) is 10.4. The number of nitrogens with zero attached hydrogens (tertiary/aromatic N) is 3. The lowest BCUT2D eigenvalue weighted by Crippen LogP contribution is -2.59. The number of hydrogen-bond acceptors (Lipinski definition) is 3. The molecule has 0 bridgehead atoms. The Hall–Kier alpha value is -0.860. The van der Waals surface area contributed by atoms with Crippen LogP contribution >= 0.6 is 22.6 Å². The van der Waals surface area contributed by atoms with E-state index in [0.29, 0.717) is 35.4 Å². The van der Waals surface area contributed by atoms with Crippen molar-refractivity contribution in [1.82, 2.24) is 13.7 Å². The zero-order chi connectivity index (χ0) is 32.4. The second kappa shape index (κ2) is 11.7. The smallest absolute Gasteiger partial charge is 0.247 e. The van der Waals surface area contributed by atoms with Crippen LogP contribution in [-0.2, 0) is 19.6 Å². The molecule has 6 atom stereocenters. The van der Waals surface area contributed by atoms with Gasteiger partial charge in [-0.1, -0.05) is 105 Å². The van der Waals surface area contributed by atoms with E-state index in [-0.39, 0.29) is 32.5 Å². The first-order chi connectivity index (χ1) is 19.5. The summed E-state index contributed by atoms with van der Waals surface area (Å²) in [4.78, 5) is 43.1. The average Bonchev–Trinajstić information content (AvgIpc) is 2.78. The summed E-state index contributed by atoms with van der Waals surface area (Å²) in [5.74, 6) is 1.10. The zero-order valence-electron chi connectivity index (χ0n) is 29.4. The van der Waals surface area contributed by atoms with E-state index < -0.39 is 17.1 Å². The van der Waals surface area contributed by atoms with Crippen LogP contribution < -0.4 is 17.1 Å². The highest BCUT2D eigenvalue weighted by molar-refractivity contribution is 14.1. The lowest BCUT2D eigenvalue weighted by Gasteiger charge is -2.47. The van der Waals surface area contributed by atoms with Crippen LogP contribution in [0.25, 0.3) is 0 Å². The van der Waals surface area contributed by atoms with Crippen molar-refractivity contribution in [1.29, 1.82) is 0 Å². The van der Waals surface area contributed by atoms with Gasteiger partial charge in [-0.2, -0.15) is 0 Å². The molecule has 4 rings (SSSR count). The van der Waals surface area contributed by atoms with E-state index in [4.69, 9.17) is 0 Å². The fourth-order valence-electron chi connectivity index (χ4n) is 11.4. The molecular formula is C36H62IN3O3. The van der Waals surface area contributed by atoms with Crippen molar-refractivity contribution in [2.75, 3.05) is 0 Å². The Morgan fingerprint density at radius 3 is 1.35 bits per heavy atom. The van der Waals surface area contributed by atoms with E-state index in [1.807, 2.05) is 0 Å². The highest BCUT2D eigenvalue weighted by Crippen LogP contribution is 2.51. The molecule has 3 fully saturated rings. The fraction of sp³-hybridized carbons (Fsp3) is 0.917. The molecule has 7 heteroatoms. The maximum atomic E-state index is 14.4. The molecule has 3 saturated carbocycles. The van der Waals surface area contributed by atoms with Crippen LogP contribution in [0.2, 0.25) is 0 Å². The van der Waals surface area contributed by atoms with Crippen molar-refractivity contribution >= 4 is 22.6 Å². The number of rotatable bonds is 7. The third-order valence-electron chi connectivity index (χ3n) is 11.2. The van der Waals surface area contributed by atoms with Crippen LogP contribution in [-0.4, -0.2) is 17.6 Å². The first-order valence-corrected chi connectivity index (χ1v) is 18.3. The summed E-state index contributed by atoms with van der Waals surface area (Å²) in [5, 5.41) is 0. The van der Waals surface area contributed by atoms with Crippen molar-refractivity contribution in [3.63, 3.8) is 0 Å². The maximum absolute atomic E-state index is 14.4. The molecule has 0 N–H and O–H groups in total. The summed E-state index contributed by atoms with van der Waals surface area (Å²) in [6.45, 7) is 26.3. The monoisotopic (exact) mass is 711 g/mol. The van der Waals surface area contributed by atoms with Gasteiger partial charge in [0.1, 0.15) is 0 Å². The molecule has 0 aliphatic heterocycles. The van der Waals surface area contributed by atoms with Gasteiger partial charge in [-0.25, -0.2) is 28.1 Å². The SMILES string of the molecule is CCC1CC(C)(C)CC(C)(Cn2c(=O)n(CC3(C)CC(C)CC(C)(C)C3)c(=O)n(CC3(C)CC(I)CC(C)(C)C3)c2=O)C1. The van der Waals surface area contributed by atoms with Gasteiger partial charge >= 0.3 is 17.1 Å². The summed E-state index contributed by atoms with van der Waals surface area (Å²) >= 11 is 2.55. The van der Waals surface area contributed by atoms with Crippen molar-refractivity contribution in [2.45, 2.75) is 164 Å². The first kappa shape index (κ1) is 35.0. The Morgan fingerprint density at radius 1 is 0.581 bits per heavy atom. The Balaban J connectivity index is 1.85. The van der Waals surface area contributed by atoms with Gasteiger partial charge in [-0.05, 0) is 102 Å². The number of hydrogen-bond donors (Lipinski definition) is 0. The van der Waals surface area contributed by atoms with Gasteiger partial charge in [-0.3, -0.25) is 0 Å². The minimum atomic E-state index is -0.404. The van der Waals surface area contributed by atoms with Crippen LogP contribution in [0.15, 0.2) is 14.4 Å². The Bertz CT molecular complexity index is 1290. The predicted octanol–water partition coefficient (Wildman–Crippen LogP) is 8.29. The van der Waals surface area contributed by atoms with Crippen LogP contribution in [0.3, 0.4) is 0 Å². The molecule has 6 nitrogen and oxygen atoms in total. The lowest BCUT2D eigenvalue weighted by atomic mass is 9.60. The molecule has 0 amide bonds. The minimum absolute atomic E-state index is 0.142. The van der Waals surface area contributed by atoms with E-state index in [0.717, 1.165) is 57.8 Å². The average molecular weight is 712 g/mol. The molecule has 1 aromatic rings. The summed E-state index contributed by atoms with van der Waals surface area (Å²) in [7, 11) is 0. The second-order valence-corrected chi connectivity index (χ2v) is 21.0. The van der Waals surface area contributed by atoms with Crippen LogP contribution in [0, 0.1) is 44.3 Å². The van der Waals surface area contributed by atoms with Crippen LogP contribution in [0.1, 0.15) is 140 Å². The number of halogens is 1. The molecule has 246 valence electrons. The quantitative estimate of drug-likeness (QED) is 0.211. The van der Waals surface area contributed by atoms with Gasteiger partial charge in [0.15, 0.2) is 0 Å². The van der Waals surface area contributed by atoms with Crippen molar-refractivity contribution in [2.24, 2.45) is 44.3 Å². The van der Waals surface area contributed by atoms with Crippen molar-refractivity contribution in [3.05, 3.63) is 31.5 Å². The Labute approximate surface area is 274 Å². The molecule has 0 spiro atoms. The second-order valence-electron chi connectivity index (χ2n) is 19.3. The van der Waals surface area contributed by atoms with Gasteiger partial charge in [0.2, 0.25) is 0 Å². The molecule has 3 aliphatic rings. The van der Waals surface area contributed by atoms with Crippen LogP contribution in [0.4, 0.5) is 0 Å². The third-order valence-corrected chi connectivity index (χ3v) is 12.0. The fourth-order valence-corrected chi connectivity index (χ4v) is 13.7. The topological polar surface area (TPSA) is 66.0 Å². The van der Waals surface area contributed by atoms with E-state index >= 15 is 0 Å². The van der Waals surface area contributed by atoms with E-state index in [1.54, 1.807) is 0 Å². The van der Waals surface area contributed by atoms with E-state index in [9.17, 15) is 14.4 Å². The van der Waals surface area contributed by atoms with Gasteiger partial charge in [-0.15, -0.1) is 0 Å². The first-order valence-electron chi connectivity index (χ1n) is 17.1. The highest BCUT2D eigenvalue weighted by Gasteiger charge is 2.45. The van der Waals surface area contributed by atoms with Crippen LogP contribution in [0.5, 0.6) is 0 Å². The summed E-state index contributed by atoms with van der Waals surface area (Å²) in [5.41, 5.74) is -1.31.